The lowest BCUT2D eigenvalue weighted by Crippen LogP contribution is -2.38. The van der Waals surface area contributed by atoms with E-state index in [4.69, 9.17) is 9.47 Å². The highest BCUT2D eigenvalue weighted by Crippen LogP contribution is 2.41. The Balaban J connectivity index is 3.27. The third-order valence-corrected chi connectivity index (χ3v) is 3.33. The fourth-order valence-corrected chi connectivity index (χ4v) is 2.69. The van der Waals surface area contributed by atoms with Crippen LogP contribution in [-0.2, 0) is 19.1 Å². The molecule has 20 heavy (non-hydrogen) atoms. The molecule has 1 heterocycles. The molecule has 0 aromatic heterocycles. The Morgan fingerprint density at radius 3 is 1.60 bits per heavy atom. The number of hydrogen-bond donors (Lipinski definition) is 1. The highest BCUT2D eigenvalue weighted by Gasteiger charge is 2.43. The van der Waals surface area contributed by atoms with Crippen molar-refractivity contribution in [3.05, 3.63) is 22.5 Å². The predicted octanol–water partition coefficient (Wildman–Crippen LogP) is 2.29. The van der Waals surface area contributed by atoms with Crippen LogP contribution in [0.5, 0.6) is 0 Å². The maximum absolute atomic E-state index is 12.2. The molecule has 0 unspecified atom stereocenters. The first-order valence-electron chi connectivity index (χ1n) is 6.81. The predicted molar refractivity (Wildman–Crippen MR) is 75.6 cm³/mol. The van der Waals surface area contributed by atoms with Crippen LogP contribution in [0.4, 0.5) is 0 Å². The number of nitrogens with one attached hydrogen (secondary N) is 1. The molecule has 5 nitrogen and oxygen atoms in total. The molecule has 1 rings (SSSR count). The summed E-state index contributed by atoms with van der Waals surface area (Å²) in [6.07, 6.45) is 0. The smallest absolute Gasteiger partial charge is 0.336 e. The summed E-state index contributed by atoms with van der Waals surface area (Å²) in [7, 11) is 0. The van der Waals surface area contributed by atoms with Crippen LogP contribution < -0.4 is 5.32 Å². The average Bonchev–Trinajstić information content (AvgIpc) is 2.27. The number of dihydropyridines is 1. The normalized spacial score (nSPS) is 17.7. The third kappa shape index (κ3) is 2.86. The molecule has 1 N–H and O–H groups in total. The van der Waals surface area contributed by atoms with E-state index >= 15 is 0 Å². The molecule has 0 bridgehead atoms. The summed E-state index contributed by atoms with van der Waals surface area (Å²) in [6, 6.07) is 0. The monoisotopic (exact) mass is 281 g/mol. The number of rotatable bonds is 4. The Morgan fingerprint density at radius 2 is 1.30 bits per heavy atom. The van der Waals surface area contributed by atoms with Crippen molar-refractivity contribution < 1.29 is 19.1 Å². The van der Waals surface area contributed by atoms with Crippen molar-refractivity contribution in [3.8, 4) is 0 Å². The van der Waals surface area contributed by atoms with Crippen molar-refractivity contribution >= 4 is 11.9 Å². The molecule has 0 saturated heterocycles. The molecular formula is C15H23NO4. The highest BCUT2D eigenvalue weighted by molar-refractivity contribution is 5.99. The van der Waals surface area contributed by atoms with Gasteiger partial charge < -0.3 is 14.8 Å². The Kier molecular flexibility index (Phi) is 4.98. The van der Waals surface area contributed by atoms with Crippen molar-refractivity contribution in [2.24, 2.45) is 5.41 Å². The maximum Gasteiger partial charge on any atom is 0.336 e. The van der Waals surface area contributed by atoms with Gasteiger partial charge >= 0.3 is 11.9 Å². The Hall–Kier alpha value is -1.78. The summed E-state index contributed by atoms with van der Waals surface area (Å²) in [5.74, 6) is -0.811. The topological polar surface area (TPSA) is 64.6 Å². The van der Waals surface area contributed by atoms with Crippen LogP contribution in [0, 0.1) is 5.41 Å². The minimum atomic E-state index is -0.752. The van der Waals surface area contributed by atoms with Crippen LogP contribution >= 0.6 is 0 Å². The molecule has 1 aliphatic rings. The first-order valence-corrected chi connectivity index (χ1v) is 6.81. The van der Waals surface area contributed by atoms with E-state index in [0.717, 1.165) is 0 Å². The number of ether oxygens (including phenoxy) is 2. The number of carbonyl (C=O) groups excluding carboxylic acids is 2. The summed E-state index contributed by atoms with van der Waals surface area (Å²) in [5.41, 5.74) is 1.59. The lowest BCUT2D eigenvalue weighted by molar-refractivity contribution is -0.141. The quantitative estimate of drug-likeness (QED) is 0.801. The Morgan fingerprint density at radius 1 is 0.950 bits per heavy atom. The largest absolute Gasteiger partial charge is 0.463 e. The van der Waals surface area contributed by atoms with Crippen molar-refractivity contribution in [3.63, 3.8) is 0 Å². The van der Waals surface area contributed by atoms with E-state index in [-0.39, 0.29) is 0 Å². The van der Waals surface area contributed by atoms with E-state index in [0.29, 0.717) is 35.8 Å². The van der Waals surface area contributed by atoms with Crippen LogP contribution in [0.15, 0.2) is 22.5 Å². The average molecular weight is 281 g/mol. The van der Waals surface area contributed by atoms with Gasteiger partial charge in [0.2, 0.25) is 0 Å². The number of carbonyl (C=O) groups is 2. The Bertz CT molecular complexity index is 444. The molecule has 0 saturated carbocycles. The molecule has 0 aromatic rings. The van der Waals surface area contributed by atoms with Gasteiger partial charge in [-0.1, -0.05) is 13.8 Å². The van der Waals surface area contributed by atoms with Gasteiger partial charge in [-0.25, -0.2) is 9.59 Å². The zero-order valence-electron chi connectivity index (χ0n) is 13.0. The Labute approximate surface area is 120 Å². The summed E-state index contributed by atoms with van der Waals surface area (Å²) in [4.78, 5) is 24.3. The molecule has 5 heteroatoms. The van der Waals surface area contributed by atoms with E-state index in [9.17, 15) is 9.59 Å². The second-order valence-electron chi connectivity index (χ2n) is 5.19. The van der Waals surface area contributed by atoms with Gasteiger partial charge in [-0.2, -0.15) is 0 Å². The van der Waals surface area contributed by atoms with Crippen LogP contribution in [-0.4, -0.2) is 25.2 Å². The second kappa shape index (κ2) is 6.11. The summed E-state index contributed by atoms with van der Waals surface area (Å²) < 4.78 is 10.2. The standard InChI is InChI=1S/C15H23NO4/c1-7-19-13(17)11-9(3)16-10(4)12(15(11,5)6)14(18)20-8-2/h16H,7-8H2,1-6H3. The second-order valence-corrected chi connectivity index (χ2v) is 5.19. The zero-order valence-corrected chi connectivity index (χ0v) is 13.0. The summed E-state index contributed by atoms with van der Waals surface area (Å²) in [6.45, 7) is 11.4. The fraction of sp³-hybridized carbons (Fsp3) is 0.600. The van der Waals surface area contributed by atoms with Crippen LogP contribution in [0.3, 0.4) is 0 Å². The summed E-state index contributed by atoms with van der Waals surface area (Å²) >= 11 is 0. The maximum atomic E-state index is 12.2. The first-order chi connectivity index (χ1) is 9.27. The summed E-state index contributed by atoms with van der Waals surface area (Å²) in [5, 5.41) is 3.07. The molecule has 0 aromatic carbocycles. The first kappa shape index (κ1) is 16.3. The van der Waals surface area contributed by atoms with E-state index in [1.807, 2.05) is 13.8 Å². The minimum Gasteiger partial charge on any atom is -0.463 e. The van der Waals surface area contributed by atoms with Gasteiger partial charge in [-0.3, -0.25) is 0 Å². The van der Waals surface area contributed by atoms with Gasteiger partial charge in [0, 0.05) is 16.8 Å². The lowest BCUT2D eigenvalue weighted by atomic mass is 9.73. The SMILES string of the molecule is CCOC(=O)C1=C(C)NC(C)=C(C(=O)OCC)C1(C)C. The van der Waals surface area contributed by atoms with Gasteiger partial charge in [0.25, 0.3) is 0 Å². The zero-order chi connectivity index (χ0) is 15.5. The number of allylic oxidation sites excluding steroid dienone is 2. The van der Waals surface area contributed by atoms with Crippen LogP contribution in [0.25, 0.3) is 0 Å². The molecule has 0 fully saturated rings. The van der Waals surface area contributed by atoms with Gasteiger partial charge in [-0.15, -0.1) is 0 Å². The van der Waals surface area contributed by atoms with Crippen molar-refractivity contribution in [2.45, 2.75) is 41.5 Å². The molecule has 0 atom stereocenters. The minimum absolute atomic E-state index is 0.295. The molecule has 0 spiro atoms. The third-order valence-electron chi connectivity index (χ3n) is 3.33. The van der Waals surface area contributed by atoms with Gasteiger partial charge in [0.15, 0.2) is 0 Å². The lowest BCUT2D eigenvalue weighted by Gasteiger charge is -2.35. The van der Waals surface area contributed by atoms with Crippen molar-refractivity contribution in [2.75, 3.05) is 13.2 Å². The highest BCUT2D eigenvalue weighted by atomic mass is 16.5. The van der Waals surface area contributed by atoms with Crippen LogP contribution in [0.2, 0.25) is 0 Å². The van der Waals surface area contributed by atoms with Gasteiger partial charge in [-0.05, 0) is 27.7 Å². The van der Waals surface area contributed by atoms with Gasteiger partial charge in [0.1, 0.15) is 0 Å². The molecule has 1 aliphatic heterocycles. The molecule has 0 amide bonds. The fourth-order valence-electron chi connectivity index (χ4n) is 2.69. The number of hydrogen-bond acceptors (Lipinski definition) is 5. The molecule has 0 radical (unpaired) electrons. The molecular weight excluding hydrogens is 258 g/mol. The van der Waals surface area contributed by atoms with Crippen molar-refractivity contribution in [1.29, 1.82) is 0 Å². The van der Waals surface area contributed by atoms with Crippen molar-refractivity contribution in [1.82, 2.24) is 5.32 Å². The number of esters is 2. The molecule has 0 aliphatic carbocycles. The van der Waals surface area contributed by atoms with E-state index in [1.54, 1.807) is 27.7 Å². The van der Waals surface area contributed by atoms with E-state index in [2.05, 4.69) is 5.32 Å². The van der Waals surface area contributed by atoms with Gasteiger partial charge in [0.05, 0.1) is 24.4 Å². The van der Waals surface area contributed by atoms with E-state index in [1.165, 1.54) is 0 Å². The van der Waals surface area contributed by atoms with E-state index < -0.39 is 17.4 Å². The molecule has 112 valence electrons. The van der Waals surface area contributed by atoms with Crippen LogP contribution in [0.1, 0.15) is 41.5 Å².